The van der Waals surface area contributed by atoms with Crippen molar-refractivity contribution in [2.75, 3.05) is 0 Å². The quantitative estimate of drug-likeness (QED) is 0.320. The maximum Gasteiger partial charge on any atom is 0.354 e. The molecule has 167 valence electrons. The van der Waals surface area contributed by atoms with Gasteiger partial charge in [-0.2, -0.15) is 13.9 Å². The molecule has 0 saturated heterocycles. The van der Waals surface area contributed by atoms with Crippen LogP contribution >= 0.6 is 0 Å². The van der Waals surface area contributed by atoms with Gasteiger partial charge in [-0.25, -0.2) is 9.78 Å². The zero-order valence-electron chi connectivity index (χ0n) is 16.9. The van der Waals surface area contributed by atoms with E-state index >= 15 is 0 Å². The molecule has 2 aromatic carbocycles. The average Bonchev–Trinajstić information content (AvgIpc) is 3.27. The Morgan fingerprint density at radius 3 is 2.25 bits per heavy atom. The number of aromatic carboxylic acids is 1. The minimum atomic E-state index is -3.05. The van der Waals surface area contributed by atoms with Gasteiger partial charge in [0.2, 0.25) is 0 Å². The monoisotopic (exact) mass is 614 g/mol. The molecule has 2 aromatic heterocycles. The number of alkyl halides is 2. The Labute approximate surface area is 197 Å². The molecule has 0 aliphatic carbocycles. The zero-order valence-corrected chi connectivity index (χ0v) is 19.3. The normalized spacial score (nSPS) is 10.5. The van der Waals surface area contributed by atoms with Crippen LogP contribution < -0.4 is 0 Å². The molecule has 0 aliphatic rings. The Kier molecular flexibility index (Phi) is 8.87. The second-order valence-electron chi connectivity index (χ2n) is 6.37. The molecule has 9 heteroatoms. The number of benzene rings is 2. The first kappa shape index (κ1) is 25.0. The molecule has 0 bridgehead atoms. The molecular formula is C23H19F2IrN4O2-. The Hall–Kier alpha value is -3.29. The Morgan fingerprint density at radius 2 is 1.72 bits per heavy atom. The number of pyridine rings is 1. The number of carboxylic acids is 1. The van der Waals surface area contributed by atoms with Crippen LogP contribution in [0.2, 0.25) is 0 Å². The fourth-order valence-corrected chi connectivity index (χ4v) is 2.70. The van der Waals surface area contributed by atoms with Gasteiger partial charge in [-0.15, -0.1) is 41.0 Å². The van der Waals surface area contributed by atoms with E-state index in [4.69, 9.17) is 5.11 Å². The molecule has 0 spiro atoms. The molecule has 0 atom stereocenters. The number of aromatic nitrogens is 4. The van der Waals surface area contributed by atoms with Crippen LogP contribution in [0, 0.1) is 6.07 Å². The predicted octanol–water partition coefficient (Wildman–Crippen LogP) is 5.01. The maximum atomic E-state index is 14.2. The summed E-state index contributed by atoms with van der Waals surface area (Å²) >= 11 is 0. The van der Waals surface area contributed by atoms with E-state index in [-0.39, 0.29) is 38.0 Å². The summed E-state index contributed by atoms with van der Waals surface area (Å²) in [5, 5.41) is 16.1. The van der Waals surface area contributed by atoms with Gasteiger partial charge in [0.25, 0.3) is 0 Å². The summed E-state index contributed by atoms with van der Waals surface area (Å²) in [7, 11) is 0. The first-order valence-electron chi connectivity index (χ1n) is 9.44. The van der Waals surface area contributed by atoms with Crippen LogP contribution in [0.5, 0.6) is 0 Å². The second kappa shape index (κ2) is 11.4. The van der Waals surface area contributed by atoms with Gasteiger partial charge in [0.1, 0.15) is 5.69 Å². The summed E-state index contributed by atoms with van der Waals surface area (Å²) in [6.45, 7) is 1.43. The topological polar surface area (TPSA) is 80.9 Å². The first-order valence-corrected chi connectivity index (χ1v) is 9.44. The van der Waals surface area contributed by atoms with E-state index in [1.807, 2.05) is 18.2 Å². The van der Waals surface area contributed by atoms with Crippen molar-refractivity contribution in [3.05, 3.63) is 96.6 Å². The Morgan fingerprint density at radius 1 is 1.03 bits per heavy atom. The molecule has 4 rings (SSSR count). The third-order valence-corrected chi connectivity index (χ3v) is 4.28. The van der Waals surface area contributed by atoms with Gasteiger partial charge >= 0.3 is 11.9 Å². The van der Waals surface area contributed by atoms with Crippen LogP contribution in [0.15, 0.2) is 79.0 Å². The molecular weight excluding hydrogens is 594 g/mol. The van der Waals surface area contributed by atoms with E-state index < -0.39 is 11.9 Å². The van der Waals surface area contributed by atoms with Gasteiger partial charge in [0, 0.05) is 38.4 Å². The van der Waals surface area contributed by atoms with Crippen molar-refractivity contribution < 1.29 is 38.8 Å². The van der Waals surface area contributed by atoms with E-state index in [1.165, 1.54) is 23.8 Å². The molecule has 0 amide bonds. The van der Waals surface area contributed by atoms with E-state index in [0.717, 1.165) is 0 Å². The van der Waals surface area contributed by atoms with Crippen molar-refractivity contribution in [2.45, 2.75) is 19.3 Å². The molecule has 32 heavy (non-hydrogen) atoms. The van der Waals surface area contributed by atoms with E-state index in [0.29, 0.717) is 17.1 Å². The van der Waals surface area contributed by atoms with Crippen molar-refractivity contribution >= 4 is 5.97 Å². The summed E-state index contributed by atoms with van der Waals surface area (Å²) in [6, 6.07) is 23.8. The van der Waals surface area contributed by atoms with Crippen molar-refractivity contribution in [3.63, 3.8) is 0 Å². The fraction of sp³-hybridized carbons (Fsp3) is 0.130. The molecule has 0 saturated carbocycles. The second-order valence-corrected chi connectivity index (χ2v) is 6.37. The predicted molar refractivity (Wildman–Crippen MR) is 111 cm³/mol. The molecule has 6 nitrogen and oxygen atoms in total. The van der Waals surface area contributed by atoms with Gasteiger partial charge in [0.05, 0.1) is 5.82 Å². The minimum absolute atomic E-state index is 0. The minimum Gasteiger partial charge on any atom is -0.477 e. The van der Waals surface area contributed by atoms with Crippen LogP contribution in [0.1, 0.15) is 29.7 Å². The summed E-state index contributed by atoms with van der Waals surface area (Å²) < 4.78 is 29.9. The van der Waals surface area contributed by atoms with Gasteiger partial charge < -0.3 is 9.67 Å². The molecule has 0 fully saturated rings. The van der Waals surface area contributed by atoms with Crippen LogP contribution in [0.3, 0.4) is 0 Å². The van der Waals surface area contributed by atoms with Crippen molar-refractivity contribution in [2.24, 2.45) is 0 Å². The van der Waals surface area contributed by atoms with Crippen LogP contribution in [-0.4, -0.2) is 30.8 Å². The number of nitrogens with zero attached hydrogens (tertiary/aromatic N) is 4. The third kappa shape index (κ3) is 5.90. The van der Waals surface area contributed by atoms with Gasteiger partial charge in [0.15, 0.2) is 5.82 Å². The number of carboxylic acid groups (broad SMARTS) is 1. The number of hydrogen-bond donors (Lipinski definition) is 1. The third-order valence-electron chi connectivity index (χ3n) is 4.28. The number of rotatable bonds is 5. The van der Waals surface area contributed by atoms with E-state index in [9.17, 15) is 13.6 Å². The summed E-state index contributed by atoms with van der Waals surface area (Å²) in [5.74, 6) is -4.03. The van der Waals surface area contributed by atoms with Gasteiger partial charge in [-0.3, -0.25) is 0 Å². The van der Waals surface area contributed by atoms with Crippen molar-refractivity contribution in [1.29, 1.82) is 0 Å². The van der Waals surface area contributed by atoms with E-state index in [1.54, 1.807) is 48.5 Å². The summed E-state index contributed by atoms with van der Waals surface area (Å²) in [4.78, 5) is 13.7. The van der Waals surface area contributed by atoms with Crippen molar-refractivity contribution in [1.82, 2.24) is 19.7 Å². The number of carbonyl (C=O) groups is 1. The Bertz CT molecular complexity index is 1120. The van der Waals surface area contributed by atoms with Crippen LogP contribution in [0.4, 0.5) is 8.78 Å². The molecule has 1 radical (unpaired) electrons. The van der Waals surface area contributed by atoms with Crippen LogP contribution in [0.25, 0.3) is 17.1 Å². The van der Waals surface area contributed by atoms with E-state index in [2.05, 4.69) is 21.2 Å². The molecule has 0 aliphatic heterocycles. The molecule has 0 unspecified atom stereocenters. The largest absolute Gasteiger partial charge is 0.477 e. The summed E-state index contributed by atoms with van der Waals surface area (Å²) in [6.07, 6.45) is 1.11. The smallest absolute Gasteiger partial charge is 0.354 e. The van der Waals surface area contributed by atoms with Crippen LogP contribution in [-0.2, 0) is 26.0 Å². The molecule has 2 heterocycles. The Balaban J connectivity index is 0.000000307. The molecule has 1 N–H and O–H groups in total. The fourth-order valence-electron chi connectivity index (χ4n) is 2.70. The van der Waals surface area contributed by atoms with Gasteiger partial charge in [-0.1, -0.05) is 31.2 Å². The number of para-hydroxylation sites is 1. The maximum absolute atomic E-state index is 14.2. The molecule has 4 aromatic rings. The first-order chi connectivity index (χ1) is 14.9. The number of halogens is 2. The number of hydrogen-bond acceptors (Lipinski definition) is 4. The van der Waals surface area contributed by atoms with Crippen molar-refractivity contribution in [3.8, 4) is 17.1 Å². The SMILES string of the molecule is CCC(F)(F)c1nnc(-c2[c-]cccc2)n1-c1ccccc1.O=C(O)c1ccccn1.[Ir]. The summed E-state index contributed by atoms with van der Waals surface area (Å²) in [5.41, 5.74) is 1.30. The standard InChI is InChI=1S/C17H14F2N3.C6H5NO2.Ir/c1-2-17(18,19)16-21-20-15(13-9-5-3-6-10-13)22(16)14-11-7-4-8-12-14;8-6(9)5-3-1-2-4-7-5;/h3-9,11-12H,2H2,1H3;1-4H,(H,8,9);/q-1;;. The zero-order chi connectivity index (χ0) is 22.3. The average molecular weight is 614 g/mol. The van der Waals surface area contributed by atoms with Gasteiger partial charge in [-0.05, 0) is 24.3 Å².